The zero-order valence-corrected chi connectivity index (χ0v) is 10.8. The van der Waals surface area contributed by atoms with E-state index in [-0.39, 0.29) is 17.8 Å². The molecule has 0 aromatic heterocycles. The van der Waals surface area contributed by atoms with Crippen LogP contribution >= 0.6 is 0 Å². The van der Waals surface area contributed by atoms with Crippen molar-refractivity contribution in [3.8, 4) is 0 Å². The molecule has 1 fully saturated rings. The van der Waals surface area contributed by atoms with Crippen LogP contribution < -0.4 is 10.6 Å². The van der Waals surface area contributed by atoms with Crippen molar-refractivity contribution in [3.05, 3.63) is 29.6 Å². The molecule has 1 amide bonds. The first kappa shape index (κ1) is 13.0. The molecule has 1 aromatic rings. The Morgan fingerprint density at radius 2 is 2.22 bits per heavy atom. The molecule has 98 valence electrons. The number of benzene rings is 1. The summed E-state index contributed by atoms with van der Waals surface area (Å²) in [7, 11) is 0. The molecule has 2 rings (SSSR count). The zero-order valence-electron chi connectivity index (χ0n) is 10.8. The molecule has 0 saturated carbocycles. The highest BCUT2D eigenvalue weighted by Crippen LogP contribution is 2.20. The average Bonchev–Trinajstić information content (AvgIpc) is 2.34. The molecule has 0 spiro atoms. The molecule has 0 aliphatic carbocycles. The van der Waals surface area contributed by atoms with Gasteiger partial charge in [-0.25, -0.2) is 4.39 Å². The van der Waals surface area contributed by atoms with Gasteiger partial charge in [0.1, 0.15) is 5.82 Å². The molecule has 4 heteroatoms. The average molecular weight is 250 g/mol. The van der Waals surface area contributed by atoms with Crippen LogP contribution in [0, 0.1) is 12.7 Å². The number of nitrogens with one attached hydrogen (secondary N) is 2. The number of hydrogen-bond acceptors (Lipinski definition) is 2. The second kappa shape index (κ2) is 5.48. The molecular weight excluding hydrogens is 231 g/mol. The molecule has 18 heavy (non-hydrogen) atoms. The van der Waals surface area contributed by atoms with Gasteiger partial charge in [0.25, 0.3) is 0 Å². The zero-order chi connectivity index (χ0) is 13.1. The van der Waals surface area contributed by atoms with Crippen LogP contribution in [0.2, 0.25) is 0 Å². The number of halogens is 1. The Morgan fingerprint density at radius 1 is 1.44 bits per heavy atom. The second-order valence-corrected chi connectivity index (χ2v) is 4.97. The third-order valence-corrected chi connectivity index (χ3v) is 3.40. The lowest BCUT2D eigenvalue weighted by atomic mass is 9.99. The third kappa shape index (κ3) is 2.88. The fourth-order valence-electron chi connectivity index (χ4n) is 2.35. The van der Waals surface area contributed by atoms with Crippen molar-refractivity contribution in [3.63, 3.8) is 0 Å². The predicted octanol–water partition coefficient (Wildman–Crippen LogP) is 2.60. The van der Waals surface area contributed by atoms with E-state index in [0.717, 1.165) is 24.8 Å². The molecule has 1 aliphatic rings. The lowest BCUT2D eigenvalue weighted by Gasteiger charge is -2.28. The SMILES string of the molecule is Cc1cccc(F)c1NC(=O)C1CCCC(C)N1. The van der Waals surface area contributed by atoms with E-state index in [0.29, 0.717) is 11.7 Å². The Labute approximate surface area is 107 Å². The lowest BCUT2D eigenvalue weighted by molar-refractivity contribution is -0.118. The summed E-state index contributed by atoms with van der Waals surface area (Å²) in [6.07, 6.45) is 2.93. The molecule has 3 nitrogen and oxygen atoms in total. The van der Waals surface area contributed by atoms with Gasteiger partial charge in [-0.2, -0.15) is 0 Å². The highest BCUT2D eigenvalue weighted by atomic mass is 19.1. The highest BCUT2D eigenvalue weighted by molar-refractivity contribution is 5.95. The molecule has 2 atom stereocenters. The number of carbonyl (C=O) groups excluding carboxylic acids is 1. The standard InChI is InChI=1S/C14H19FN2O/c1-9-5-3-7-11(15)13(9)17-14(18)12-8-4-6-10(2)16-12/h3,5,7,10,12,16H,4,6,8H2,1-2H3,(H,17,18). The number of aryl methyl sites for hydroxylation is 1. The highest BCUT2D eigenvalue weighted by Gasteiger charge is 2.24. The molecule has 1 heterocycles. The van der Waals surface area contributed by atoms with Gasteiger partial charge in [0.2, 0.25) is 5.91 Å². The lowest BCUT2D eigenvalue weighted by Crippen LogP contribution is -2.47. The van der Waals surface area contributed by atoms with Gasteiger partial charge in [0.15, 0.2) is 0 Å². The van der Waals surface area contributed by atoms with E-state index >= 15 is 0 Å². The molecule has 1 aromatic carbocycles. The topological polar surface area (TPSA) is 41.1 Å². The summed E-state index contributed by atoms with van der Waals surface area (Å²) in [6.45, 7) is 3.85. The van der Waals surface area contributed by atoms with E-state index in [9.17, 15) is 9.18 Å². The van der Waals surface area contributed by atoms with Crippen LogP contribution in [0.3, 0.4) is 0 Å². The first-order chi connectivity index (χ1) is 8.58. The van der Waals surface area contributed by atoms with E-state index in [1.54, 1.807) is 19.1 Å². The maximum atomic E-state index is 13.6. The Morgan fingerprint density at radius 3 is 2.89 bits per heavy atom. The molecule has 1 saturated heterocycles. The quantitative estimate of drug-likeness (QED) is 0.847. The largest absolute Gasteiger partial charge is 0.322 e. The van der Waals surface area contributed by atoms with Crippen LogP contribution in [0.1, 0.15) is 31.7 Å². The number of para-hydroxylation sites is 1. The van der Waals surface area contributed by atoms with E-state index in [4.69, 9.17) is 0 Å². The molecule has 2 N–H and O–H groups in total. The third-order valence-electron chi connectivity index (χ3n) is 3.40. The van der Waals surface area contributed by atoms with Crippen molar-refractivity contribution < 1.29 is 9.18 Å². The van der Waals surface area contributed by atoms with E-state index in [2.05, 4.69) is 17.6 Å². The summed E-state index contributed by atoms with van der Waals surface area (Å²) in [5, 5.41) is 5.93. The van der Waals surface area contributed by atoms with Crippen molar-refractivity contribution in [2.45, 2.75) is 45.2 Å². The van der Waals surface area contributed by atoms with Gasteiger partial charge in [-0.3, -0.25) is 4.79 Å². The summed E-state index contributed by atoms with van der Waals surface area (Å²) >= 11 is 0. The summed E-state index contributed by atoms with van der Waals surface area (Å²) in [4.78, 5) is 12.1. The Hall–Kier alpha value is -1.42. The van der Waals surface area contributed by atoms with E-state index in [1.807, 2.05) is 0 Å². The van der Waals surface area contributed by atoms with Gasteiger partial charge < -0.3 is 10.6 Å². The van der Waals surface area contributed by atoms with Crippen LogP contribution in [-0.2, 0) is 4.79 Å². The number of anilines is 1. The minimum atomic E-state index is -0.382. The van der Waals surface area contributed by atoms with Crippen LogP contribution in [-0.4, -0.2) is 18.0 Å². The van der Waals surface area contributed by atoms with Crippen LogP contribution in [0.5, 0.6) is 0 Å². The fourth-order valence-corrected chi connectivity index (χ4v) is 2.35. The van der Waals surface area contributed by atoms with E-state index in [1.165, 1.54) is 6.07 Å². The monoisotopic (exact) mass is 250 g/mol. The number of rotatable bonds is 2. The Balaban J connectivity index is 2.07. The van der Waals surface area contributed by atoms with Crippen LogP contribution in [0.15, 0.2) is 18.2 Å². The number of hydrogen-bond donors (Lipinski definition) is 2. The second-order valence-electron chi connectivity index (χ2n) is 4.97. The first-order valence-corrected chi connectivity index (χ1v) is 6.40. The van der Waals surface area contributed by atoms with Crippen LogP contribution in [0.4, 0.5) is 10.1 Å². The molecule has 0 bridgehead atoms. The van der Waals surface area contributed by atoms with Gasteiger partial charge in [0.05, 0.1) is 11.7 Å². The number of piperidine rings is 1. The Kier molecular flexibility index (Phi) is 3.97. The maximum Gasteiger partial charge on any atom is 0.241 e. The maximum absolute atomic E-state index is 13.6. The fraction of sp³-hybridized carbons (Fsp3) is 0.500. The number of carbonyl (C=O) groups is 1. The van der Waals surface area contributed by atoms with Gasteiger partial charge in [-0.1, -0.05) is 12.1 Å². The van der Waals surface area contributed by atoms with Crippen molar-refractivity contribution in [1.29, 1.82) is 0 Å². The number of amides is 1. The van der Waals surface area contributed by atoms with Gasteiger partial charge in [-0.15, -0.1) is 0 Å². The van der Waals surface area contributed by atoms with Crippen LogP contribution in [0.25, 0.3) is 0 Å². The molecule has 2 unspecified atom stereocenters. The minimum Gasteiger partial charge on any atom is -0.322 e. The van der Waals surface area contributed by atoms with Gasteiger partial charge >= 0.3 is 0 Å². The summed E-state index contributed by atoms with van der Waals surface area (Å²) < 4.78 is 13.6. The first-order valence-electron chi connectivity index (χ1n) is 6.40. The Bertz CT molecular complexity index is 427. The van der Waals surface area contributed by atoms with Gasteiger partial charge in [0, 0.05) is 6.04 Å². The van der Waals surface area contributed by atoms with Crippen molar-refractivity contribution in [2.24, 2.45) is 0 Å². The normalized spacial score (nSPS) is 23.7. The van der Waals surface area contributed by atoms with Gasteiger partial charge in [-0.05, 0) is 44.7 Å². The molecular formula is C14H19FN2O. The summed E-state index contributed by atoms with van der Waals surface area (Å²) in [5.41, 5.74) is 1.04. The predicted molar refractivity (Wildman–Crippen MR) is 70.0 cm³/mol. The molecule has 1 aliphatic heterocycles. The summed E-state index contributed by atoms with van der Waals surface area (Å²) in [5.74, 6) is -0.526. The van der Waals surface area contributed by atoms with Crippen molar-refractivity contribution in [2.75, 3.05) is 5.32 Å². The van der Waals surface area contributed by atoms with Crippen molar-refractivity contribution in [1.82, 2.24) is 5.32 Å². The smallest absolute Gasteiger partial charge is 0.241 e. The summed E-state index contributed by atoms with van der Waals surface area (Å²) in [6, 6.07) is 4.92. The van der Waals surface area contributed by atoms with Crippen molar-refractivity contribution >= 4 is 11.6 Å². The minimum absolute atomic E-state index is 0.144. The van der Waals surface area contributed by atoms with E-state index < -0.39 is 0 Å². The molecule has 0 radical (unpaired) electrons.